The summed E-state index contributed by atoms with van der Waals surface area (Å²) < 4.78 is 10.1. The number of benzene rings is 1. The molecule has 0 unspecified atom stereocenters. The van der Waals surface area contributed by atoms with Gasteiger partial charge in [-0.1, -0.05) is 56.5 Å². The standard InChI is InChI=1S/C24H35N3O4S2/c1-30-19-11-8-18(9-12-19)14-25-23(32)20(13-10-17-6-4-3-5-7-17)26-22(28)21-15-33-16-27(21)24(29)31-2/h8-9,11-12,17,20-21H,3-7,10,13-16H2,1-2H3,(H,25,32)(H,26,28)/t20-,21+/m1/s1. The number of amides is 2. The van der Waals surface area contributed by atoms with Gasteiger partial charge in [0.2, 0.25) is 5.91 Å². The highest BCUT2D eigenvalue weighted by Gasteiger charge is 2.36. The lowest BCUT2D eigenvalue weighted by molar-refractivity contribution is -0.125. The minimum absolute atomic E-state index is 0.173. The third-order valence-electron chi connectivity index (χ3n) is 6.44. The summed E-state index contributed by atoms with van der Waals surface area (Å²) in [6, 6.07) is 7.02. The predicted molar refractivity (Wildman–Crippen MR) is 136 cm³/mol. The number of methoxy groups -OCH3 is 2. The second-order valence-corrected chi connectivity index (χ2v) is 10.1. The molecule has 2 aliphatic rings. The SMILES string of the molecule is COC(=O)N1CSC[C@H]1C(=O)N[C@H](CCC1CCCCC1)C(=S)NCc1ccc(OC)cc1. The maximum atomic E-state index is 13.1. The quantitative estimate of drug-likeness (QED) is 0.502. The molecule has 7 nitrogen and oxygen atoms in total. The molecule has 0 bridgehead atoms. The van der Waals surface area contributed by atoms with Crippen molar-refractivity contribution in [1.82, 2.24) is 15.5 Å². The lowest BCUT2D eigenvalue weighted by Crippen LogP contribution is -2.53. The van der Waals surface area contributed by atoms with E-state index in [2.05, 4.69) is 10.6 Å². The summed E-state index contributed by atoms with van der Waals surface area (Å²) in [6.07, 6.45) is 7.76. The Bertz CT molecular complexity index is 799. The molecule has 2 amide bonds. The van der Waals surface area contributed by atoms with Crippen molar-refractivity contribution >= 4 is 41.0 Å². The van der Waals surface area contributed by atoms with Crippen molar-refractivity contribution in [3.63, 3.8) is 0 Å². The first-order valence-electron chi connectivity index (χ1n) is 11.6. The normalized spacial score (nSPS) is 19.6. The van der Waals surface area contributed by atoms with E-state index in [1.165, 1.54) is 44.1 Å². The molecule has 3 rings (SSSR count). The van der Waals surface area contributed by atoms with Crippen LogP contribution in [0.25, 0.3) is 0 Å². The van der Waals surface area contributed by atoms with Crippen molar-refractivity contribution in [2.75, 3.05) is 25.8 Å². The van der Waals surface area contributed by atoms with Gasteiger partial charge in [-0.3, -0.25) is 9.69 Å². The first kappa shape index (κ1) is 25.6. The van der Waals surface area contributed by atoms with Gasteiger partial charge in [-0.05, 0) is 36.5 Å². The summed E-state index contributed by atoms with van der Waals surface area (Å²) in [4.78, 5) is 27.3. The highest BCUT2D eigenvalue weighted by atomic mass is 32.2. The first-order chi connectivity index (χ1) is 16.0. The van der Waals surface area contributed by atoms with Gasteiger partial charge in [0.05, 0.1) is 31.1 Å². The number of thioether (sulfide) groups is 1. The summed E-state index contributed by atoms with van der Waals surface area (Å²) in [5.41, 5.74) is 1.08. The lowest BCUT2D eigenvalue weighted by atomic mass is 9.85. The summed E-state index contributed by atoms with van der Waals surface area (Å²) in [6.45, 7) is 0.576. The fraction of sp³-hybridized carbons (Fsp3) is 0.625. The van der Waals surface area contributed by atoms with Gasteiger partial charge >= 0.3 is 6.09 Å². The number of thiocarbonyl (C=S) groups is 1. The van der Waals surface area contributed by atoms with E-state index in [0.717, 1.165) is 24.2 Å². The fourth-order valence-corrected chi connectivity index (χ4v) is 5.82. The fourth-order valence-electron chi connectivity index (χ4n) is 4.43. The van der Waals surface area contributed by atoms with Gasteiger partial charge in [-0.2, -0.15) is 0 Å². The third kappa shape index (κ3) is 7.50. The molecule has 2 fully saturated rings. The van der Waals surface area contributed by atoms with Crippen LogP contribution in [-0.4, -0.2) is 59.8 Å². The van der Waals surface area contributed by atoms with Crippen LogP contribution in [0.3, 0.4) is 0 Å². The van der Waals surface area contributed by atoms with Crippen molar-refractivity contribution in [3.8, 4) is 5.75 Å². The molecule has 1 saturated heterocycles. The zero-order valence-corrected chi connectivity index (χ0v) is 21.1. The van der Waals surface area contributed by atoms with Crippen LogP contribution < -0.4 is 15.4 Å². The Morgan fingerprint density at radius 2 is 1.91 bits per heavy atom. The molecule has 1 heterocycles. The molecule has 0 spiro atoms. The zero-order valence-electron chi connectivity index (χ0n) is 19.5. The van der Waals surface area contributed by atoms with Gasteiger partial charge in [-0.15, -0.1) is 11.8 Å². The predicted octanol–water partition coefficient (Wildman–Crippen LogP) is 4.10. The second-order valence-electron chi connectivity index (χ2n) is 8.66. The molecule has 1 aliphatic heterocycles. The molecule has 1 saturated carbocycles. The number of carbonyl (C=O) groups excluding carboxylic acids is 2. The number of hydrogen-bond acceptors (Lipinski definition) is 6. The van der Waals surface area contributed by atoms with E-state index in [4.69, 9.17) is 21.7 Å². The van der Waals surface area contributed by atoms with E-state index in [1.807, 2.05) is 24.3 Å². The highest BCUT2D eigenvalue weighted by molar-refractivity contribution is 7.99. The Kier molecular flexibility index (Phi) is 10.1. The molecule has 2 atom stereocenters. The smallest absolute Gasteiger partial charge is 0.410 e. The molecular weight excluding hydrogens is 458 g/mol. The average Bonchev–Trinajstić information content (AvgIpc) is 3.35. The average molecular weight is 494 g/mol. The van der Waals surface area contributed by atoms with Gasteiger partial charge in [-0.25, -0.2) is 4.79 Å². The van der Waals surface area contributed by atoms with E-state index in [1.54, 1.807) is 18.9 Å². The monoisotopic (exact) mass is 493 g/mol. The number of hydrogen-bond donors (Lipinski definition) is 2. The van der Waals surface area contributed by atoms with Gasteiger partial charge in [0, 0.05) is 12.3 Å². The van der Waals surface area contributed by atoms with Crippen LogP contribution in [0.4, 0.5) is 4.79 Å². The summed E-state index contributed by atoms with van der Waals surface area (Å²) in [5, 5.41) is 6.47. The van der Waals surface area contributed by atoms with E-state index in [9.17, 15) is 9.59 Å². The highest BCUT2D eigenvalue weighted by Crippen LogP contribution is 2.28. The minimum Gasteiger partial charge on any atom is -0.497 e. The van der Waals surface area contributed by atoms with Crippen molar-refractivity contribution in [2.24, 2.45) is 5.92 Å². The van der Waals surface area contributed by atoms with Gasteiger partial charge in [0.1, 0.15) is 11.8 Å². The molecule has 1 aromatic carbocycles. The molecule has 9 heteroatoms. The van der Waals surface area contributed by atoms with Gasteiger partial charge in [0.15, 0.2) is 0 Å². The van der Waals surface area contributed by atoms with Crippen LogP contribution in [0.1, 0.15) is 50.5 Å². The Morgan fingerprint density at radius 1 is 1.18 bits per heavy atom. The number of nitrogens with zero attached hydrogens (tertiary/aromatic N) is 1. The van der Waals surface area contributed by atoms with Crippen molar-refractivity contribution in [3.05, 3.63) is 29.8 Å². The van der Waals surface area contributed by atoms with Gasteiger partial charge in [0.25, 0.3) is 0 Å². The number of ether oxygens (including phenoxy) is 2. The molecule has 1 aliphatic carbocycles. The molecule has 1 aromatic rings. The Hall–Kier alpha value is -2.00. The number of nitrogens with one attached hydrogen (secondary N) is 2. The van der Waals surface area contributed by atoms with Crippen molar-refractivity contribution < 1.29 is 19.1 Å². The number of carbonyl (C=O) groups is 2. The van der Waals surface area contributed by atoms with Crippen LogP contribution in [-0.2, 0) is 16.1 Å². The molecule has 2 N–H and O–H groups in total. The summed E-state index contributed by atoms with van der Waals surface area (Å²) >= 11 is 7.28. The lowest BCUT2D eigenvalue weighted by Gasteiger charge is -2.28. The van der Waals surface area contributed by atoms with E-state index in [0.29, 0.717) is 29.1 Å². The molecule has 182 valence electrons. The molecule has 33 heavy (non-hydrogen) atoms. The number of rotatable bonds is 9. The Labute approximate surface area is 206 Å². The zero-order chi connectivity index (χ0) is 23.6. The minimum atomic E-state index is -0.538. The van der Waals surface area contributed by atoms with E-state index < -0.39 is 12.1 Å². The molecule has 0 aromatic heterocycles. The first-order valence-corrected chi connectivity index (χ1v) is 13.2. The van der Waals surface area contributed by atoms with Crippen LogP contribution in [0, 0.1) is 5.92 Å². The Morgan fingerprint density at radius 3 is 2.58 bits per heavy atom. The largest absolute Gasteiger partial charge is 0.497 e. The molecular formula is C24H35N3O4S2. The van der Waals surface area contributed by atoms with Gasteiger partial charge < -0.3 is 20.1 Å². The summed E-state index contributed by atoms with van der Waals surface area (Å²) in [5.74, 6) is 2.34. The van der Waals surface area contributed by atoms with Crippen LogP contribution >= 0.6 is 24.0 Å². The van der Waals surface area contributed by atoms with Crippen LogP contribution in [0.5, 0.6) is 5.75 Å². The van der Waals surface area contributed by atoms with Crippen molar-refractivity contribution in [1.29, 1.82) is 0 Å². The topological polar surface area (TPSA) is 79.9 Å². The van der Waals surface area contributed by atoms with E-state index in [-0.39, 0.29) is 11.9 Å². The maximum absolute atomic E-state index is 13.1. The van der Waals surface area contributed by atoms with Crippen LogP contribution in [0.15, 0.2) is 24.3 Å². The Balaban J connectivity index is 1.61. The van der Waals surface area contributed by atoms with Crippen molar-refractivity contribution in [2.45, 2.75) is 63.6 Å². The second kappa shape index (κ2) is 13.0. The maximum Gasteiger partial charge on any atom is 0.410 e. The summed E-state index contributed by atoms with van der Waals surface area (Å²) in [7, 11) is 2.98. The van der Waals surface area contributed by atoms with Crippen LogP contribution in [0.2, 0.25) is 0 Å². The molecule has 0 radical (unpaired) electrons. The van der Waals surface area contributed by atoms with E-state index >= 15 is 0 Å². The third-order valence-corrected chi connectivity index (χ3v) is 7.88.